The molecule has 1 N–H and O–H groups in total. The third-order valence-corrected chi connectivity index (χ3v) is 5.16. The Balaban J connectivity index is 1.55. The average molecular weight is 385 g/mol. The monoisotopic (exact) mass is 385 g/mol. The van der Waals surface area contributed by atoms with Crippen LogP contribution >= 0.6 is 0 Å². The first-order valence-electron chi connectivity index (χ1n) is 9.40. The fourth-order valence-corrected chi connectivity index (χ4v) is 3.84. The Bertz CT molecular complexity index is 1280. The molecule has 144 valence electrons. The molecule has 0 saturated carbocycles. The lowest BCUT2D eigenvalue weighted by molar-refractivity contribution is 0.357. The van der Waals surface area contributed by atoms with Gasteiger partial charge in [0.15, 0.2) is 11.3 Å². The highest BCUT2D eigenvalue weighted by Gasteiger charge is 2.18. The van der Waals surface area contributed by atoms with Gasteiger partial charge in [-0.05, 0) is 24.6 Å². The number of aromatic nitrogens is 5. The van der Waals surface area contributed by atoms with Crippen molar-refractivity contribution < 1.29 is 4.74 Å². The van der Waals surface area contributed by atoms with Crippen molar-refractivity contribution in [1.29, 1.82) is 5.26 Å². The standard InChI is InChI=1S/C21H19N7O/c1-13-8-18(27(2)26-13)17-11-24-21(28-12-15(9-22)25-20(17)28)23-10-14-4-3-5-19-16(14)6-7-29-19/h3-5,8,11-12H,6-7,10H2,1-2H3,(H,23,24). The van der Waals surface area contributed by atoms with Crippen molar-refractivity contribution in [1.82, 2.24) is 24.1 Å². The maximum absolute atomic E-state index is 9.37. The molecule has 0 aliphatic carbocycles. The molecule has 4 heterocycles. The maximum Gasteiger partial charge on any atom is 0.208 e. The fraction of sp³-hybridized carbons (Fsp3) is 0.238. The van der Waals surface area contributed by atoms with Crippen LogP contribution in [0.1, 0.15) is 22.5 Å². The number of nitrogens with zero attached hydrogens (tertiary/aromatic N) is 6. The first-order chi connectivity index (χ1) is 14.1. The lowest BCUT2D eigenvalue weighted by atomic mass is 10.1. The van der Waals surface area contributed by atoms with Gasteiger partial charge in [-0.3, -0.25) is 9.08 Å². The first kappa shape index (κ1) is 17.3. The fourth-order valence-electron chi connectivity index (χ4n) is 3.84. The van der Waals surface area contributed by atoms with Gasteiger partial charge in [0, 0.05) is 31.8 Å². The quantitative estimate of drug-likeness (QED) is 0.581. The number of imidazole rings is 1. The van der Waals surface area contributed by atoms with Crippen LogP contribution in [0.5, 0.6) is 5.75 Å². The lowest BCUT2D eigenvalue weighted by Crippen LogP contribution is -2.08. The zero-order valence-electron chi connectivity index (χ0n) is 16.2. The summed E-state index contributed by atoms with van der Waals surface area (Å²) >= 11 is 0. The van der Waals surface area contributed by atoms with Crippen LogP contribution in [0.25, 0.3) is 16.9 Å². The summed E-state index contributed by atoms with van der Waals surface area (Å²) in [6, 6.07) is 10.2. The van der Waals surface area contributed by atoms with E-state index in [-0.39, 0.29) is 0 Å². The van der Waals surface area contributed by atoms with Crippen LogP contribution in [0, 0.1) is 18.3 Å². The number of aryl methyl sites for hydroxylation is 2. The second-order valence-electron chi connectivity index (χ2n) is 7.07. The summed E-state index contributed by atoms with van der Waals surface area (Å²) < 4.78 is 9.28. The Labute approximate surface area is 167 Å². The molecule has 0 radical (unpaired) electrons. The number of anilines is 1. The topological polar surface area (TPSA) is 93.1 Å². The van der Waals surface area contributed by atoms with E-state index in [9.17, 15) is 5.26 Å². The molecular weight excluding hydrogens is 366 g/mol. The van der Waals surface area contributed by atoms with E-state index in [1.807, 2.05) is 36.6 Å². The van der Waals surface area contributed by atoms with Crippen LogP contribution in [0.3, 0.4) is 0 Å². The van der Waals surface area contributed by atoms with Gasteiger partial charge < -0.3 is 10.1 Å². The third-order valence-electron chi connectivity index (χ3n) is 5.16. The van der Waals surface area contributed by atoms with Crippen LogP contribution < -0.4 is 10.1 Å². The molecule has 0 spiro atoms. The molecule has 0 bridgehead atoms. The molecule has 0 saturated heterocycles. The molecule has 8 heteroatoms. The second-order valence-corrected chi connectivity index (χ2v) is 7.07. The van der Waals surface area contributed by atoms with E-state index in [0.717, 1.165) is 35.7 Å². The van der Waals surface area contributed by atoms with Crippen molar-refractivity contribution in [3.05, 3.63) is 59.2 Å². The number of benzene rings is 1. The molecule has 1 aliphatic heterocycles. The van der Waals surface area contributed by atoms with Crippen LogP contribution in [0.15, 0.2) is 36.7 Å². The van der Waals surface area contributed by atoms with Crippen LogP contribution in [0.4, 0.5) is 5.95 Å². The van der Waals surface area contributed by atoms with Crippen LogP contribution in [-0.4, -0.2) is 30.8 Å². The van der Waals surface area contributed by atoms with Gasteiger partial charge >= 0.3 is 0 Å². The Kier molecular flexibility index (Phi) is 3.95. The van der Waals surface area contributed by atoms with Crippen molar-refractivity contribution in [2.75, 3.05) is 11.9 Å². The molecule has 1 aliphatic rings. The number of fused-ring (bicyclic) bond motifs is 2. The molecule has 4 aromatic rings. The highest BCUT2D eigenvalue weighted by molar-refractivity contribution is 5.76. The number of rotatable bonds is 4. The smallest absolute Gasteiger partial charge is 0.208 e. The van der Waals surface area contributed by atoms with Crippen molar-refractivity contribution in [3.63, 3.8) is 0 Å². The van der Waals surface area contributed by atoms with E-state index in [4.69, 9.17) is 4.74 Å². The molecule has 0 unspecified atom stereocenters. The minimum Gasteiger partial charge on any atom is -0.493 e. The van der Waals surface area contributed by atoms with Gasteiger partial charge in [0.2, 0.25) is 5.95 Å². The van der Waals surface area contributed by atoms with Crippen LogP contribution in [-0.2, 0) is 20.0 Å². The summed E-state index contributed by atoms with van der Waals surface area (Å²) in [7, 11) is 1.89. The van der Waals surface area contributed by atoms with E-state index < -0.39 is 0 Å². The lowest BCUT2D eigenvalue weighted by Gasteiger charge is -2.12. The van der Waals surface area contributed by atoms with Gasteiger partial charge in [-0.1, -0.05) is 12.1 Å². The van der Waals surface area contributed by atoms with Gasteiger partial charge in [0.25, 0.3) is 0 Å². The predicted octanol–water partition coefficient (Wildman–Crippen LogP) is 2.86. The number of hydrogen-bond acceptors (Lipinski definition) is 6. The molecule has 0 fully saturated rings. The average Bonchev–Trinajstić information content (AvgIpc) is 3.44. The highest BCUT2D eigenvalue weighted by atomic mass is 16.5. The first-order valence-corrected chi connectivity index (χ1v) is 9.40. The van der Waals surface area contributed by atoms with E-state index in [2.05, 4.69) is 32.5 Å². The predicted molar refractivity (Wildman–Crippen MR) is 108 cm³/mol. The molecule has 5 rings (SSSR count). The Morgan fingerprint density at radius 3 is 3.03 bits per heavy atom. The van der Waals surface area contributed by atoms with Gasteiger partial charge in [-0.15, -0.1) is 0 Å². The Morgan fingerprint density at radius 1 is 1.34 bits per heavy atom. The summed E-state index contributed by atoms with van der Waals surface area (Å²) in [5, 5.41) is 17.2. The van der Waals surface area contributed by atoms with E-state index in [1.54, 1.807) is 17.1 Å². The zero-order chi connectivity index (χ0) is 20.0. The summed E-state index contributed by atoms with van der Waals surface area (Å²) in [6.45, 7) is 3.28. The molecular formula is C21H19N7O. The largest absolute Gasteiger partial charge is 0.493 e. The van der Waals surface area contributed by atoms with E-state index >= 15 is 0 Å². The summed E-state index contributed by atoms with van der Waals surface area (Å²) in [5.41, 5.74) is 6.08. The van der Waals surface area contributed by atoms with Crippen LogP contribution in [0.2, 0.25) is 0 Å². The summed E-state index contributed by atoms with van der Waals surface area (Å²) in [4.78, 5) is 9.11. The number of ether oxygens (including phenoxy) is 1. The minimum absolute atomic E-state index is 0.343. The van der Waals surface area contributed by atoms with Gasteiger partial charge in [-0.2, -0.15) is 10.4 Å². The molecule has 8 nitrogen and oxygen atoms in total. The molecule has 1 aromatic carbocycles. The van der Waals surface area contributed by atoms with Gasteiger partial charge in [-0.25, -0.2) is 9.97 Å². The SMILES string of the molecule is Cc1cc(-c2cnc(NCc3cccc4c3CCO4)n3cc(C#N)nc23)n(C)n1. The number of hydrogen-bond donors (Lipinski definition) is 1. The number of nitrogens with one attached hydrogen (secondary N) is 1. The van der Waals surface area contributed by atoms with E-state index in [0.29, 0.717) is 23.8 Å². The third kappa shape index (κ3) is 2.88. The maximum atomic E-state index is 9.37. The molecule has 3 aromatic heterocycles. The van der Waals surface area contributed by atoms with E-state index in [1.165, 1.54) is 11.1 Å². The van der Waals surface area contributed by atoms with Crippen molar-refractivity contribution >= 4 is 11.6 Å². The van der Waals surface area contributed by atoms with Crippen molar-refractivity contribution in [3.8, 4) is 23.1 Å². The molecule has 29 heavy (non-hydrogen) atoms. The van der Waals surface area contributed by atoms with Gasteiger partial charge in [0.05, 0.1) is 29.8 Å². The molecule has 0 amide bonds. The van der Waals surface area contributed by atoms with Crippen molar-refractivity contribution in [2.24, 2.45) is 7.05 Å². The van der Waals surface area contributed by atoms with Gasteiger partial charge in [0.1, 0.15) is 11.8 Å². The number of nitriles is 1. The summed E-state index contributed by atoms with van der Waals surface area (Å²) in [5.74, 6) is 1.59. The highest BCUT2D eigenvalue weighted by Crippen LogP contribution is 2.29. The van der Waals surface area contributed by atoms with Crippen molar-refractivity contribution in [2.45, 2.75) is 19.9 Å². The Hall–Kier alpha value is -3.86. The minimum atomic E-state index is 0.343. The summed E-state index contributed by atoms with van der Waals surface area (Å²) in [6.07, 6.45) is 4.40. The Morgan fingerprint density at radius 2 is 2.24 bits per heavy atom. The zero-order valence-corrected chi connectivity index (χ0v) is 16.2. The normalized spacial score (nSPS) is 12.6. The molecule has 0 atom stereocenters. The second kappa shape index (κ2) is 6.63.